The van der Waals surface area contributed by atoms with Crippen LogP contribution in [0.4, 0.5) is 5.69 Å². The lowest BCUT2D eigenvalue weighted by Gasteiger charge is -2.22. The van der Waals surface area contributed by atoms with E-state index in [4.69, 9.17) is 23.2 Å². The van der Waals surface area contributed by atoms with Gasteiger partial charge in [0.1, 0.15) is 0 Å². The fourth-order valence-corrected chi connectivity index (χ4v) is 5.87. The van der Waals surface area contributed by atoms with E-state index < -0.39 is 22.5 Å². The van der Waals surface area contributed by atoms with Gasteiger partial charge in [0.25, 0.3) is 0 Å². The van der Waals surface area contributed by atoms with Crippen molar-refractivity contribution < 1.29 is 13.2 Å². The lowest BCUT2D eigenvalue weighted by Crippen LogP contribution is -2.37. The average Bonchev–Trinajstić information content (AvgIpc) is 3.23. The normalized spacial score (nSPS) is 11.8. The van der Waals surface area contributed by atoms with Gasteiger partial charge in [0.05, 0.1) is 16.1 Å². The van der Waals surface area contributed by atoms with Crippen LogP contribution in [0.15, 0.2) is 76.2 Å². The van der Waals surface area contributed by atoms with Gasteiger partial charge < -0.3 is 5.32 Å². The number of carbonyl (C=O) groups is 1. The second kappa shape index (κ2) is 10.1. The molecule has 1 amide bonds. The average molecular weight is 585 g/mol. The number of sulfonamides is 1. The highest BCUT2D eigenvalue weighted by atomic mass is 79.9. The van der Waals surface area contributed by atoms with Gasteiger partial charge in [-0.1, -0.05) is 45.2 Å². The summed E-state index contributed by atoms with van der Waals surface area (Å²) in [6, 6.07) is 16.4. The van der Waals surface area contributed by atoms with Crippen molar-refractivity contribution >= 4 is 82.4 Å². The van der Waals surface area contributed by atoms with E-state index in [1.165, 1.54) is 29.7 Å². The third-order valence-electron chi connectivity index (χ3n) is 4.77. The molecule has 170 valence electrons. The first-order chi connectivity index (χ1) is 15.7. The minimum absolute atomic E-state index is 0.0642. The molecule has 0 saturated heterocycles. The van der Waals surface area contributed by atoms with E-state index in [1.54, 1.807) is 42.6 Å². The topological polar surface area (TPSA) is 79.4 Å². The van der Waals surface area contributed by atoms with Crippen LogP contribution < -0.4 is 5.32 Å². The van der Waals surface area contributed by atoms with Gasteiger partial charge in [-0.2, -0.15) is 8.68 Å². The summed E-state index contributed by atoms with van der Waals surface area (Å²) in [6.07, 6.45) is 1.71. The Morgan fingerprint density at radius 2 is 1.82 bits per heavy atom. The SMILES string of the molecule is O=C(CN(Cc1ccc(Cl)cc1Cl)S(=O)(=O)c1ccc(Br)cc1)Nc1ccc2sncc2c1. The van der Waals surface area contributed by atoms with Crippen LogP contribution in [-0.4, -0.2) is 29.5 Å². The Balaban J connectivity index is 1.62. The second-order valence-electron chi connectivity index (χ2n) is 7.09. The van der Waals surface area contributed by atoms with Crippen molar-refractivity contribution in [3.8, 4) is 0 Å². The van der Waals surface area contributed by atoms with E-state index in [0.29, 0.717) is 21.3 Å². The molecule has 0 saturated carbocycles. The Morgan fingerprint density at radius 3 is 2.55 bits per heavy atom. The Morgan fingerprint density at radius 1 is 1.06 bits per heavy atom. The summed E-state index contributed by atoms with van der Waals surface area (Å²) in [6.45, 7) is -0.507. The van der Waals surface area contributed by atoms with Crippen LogP contribution in [0, 0.1) is 0 Å². The zero-order chi connectivity index (χ0) is 23.6. The number of hydrogen-bond donors (Lipinski definition) is 1. The molecular weight excluding hydrogens is 569 g/mol. The van der Waals surface area contributed by atoms with E-state index >= 15 is 0 Å². The first kappa shape index (κ1) is 24.1. The van der Waals surface area contributed by atoms with Crippen molar-refractivity contribution in [3.63, 3.8) is 0 Å². The standard InChI is InChI=1S/C22H16BrCl2N3O3S2/c23-16-2-6-19(7-3-16)33(30,31)28(12-14-1-4-17(24)10-20(14)25)13-22(29)27-18-5-8-21-15(9-18)11-26-32-21/h1-11H,12-13H2,(H,27,29). The third-order valence-corrected chi connectivity index (χ3v) is 8.47. The molecule has 0 aliphatic carbocycles. The summed E-state index contributed by atoms with van der Waals surface area (Å²) >= 11 is 16.9. The van der Waals surface area contributed by atoms with Crippen LogP contribution in [0.2, 0.25) is 10.0 Å². The molecule has 0 fully saturated rings. The van der Waals surface area contributed by atoms with E-state index in [0.717, 1.165) is 18.9 Å². The maximum atomic E-state index is 13.4. The summed E-state index contributed by atoms with van der Waals surface area (Å²) in [5.41, 5.74) is 1.08. The molecule has 0 unspecified atom stereocenters. The van der Waals surface area contributed by atoms with Gasteiger partial charge >= 0.3 is 0 Å². The van der Waals surface area contributed by atoms with Crippen molar-refractivity contribution in [2.45, 2.75) is 11.4 Å². The summed E-state index contributed by atoms with van der Waals surface area (Å²) in [4.78, 5) is 12.9. The molecule has 0 radical (unpaired) electrons. The number of hydrogen-bond acceptors (Lipinski definition) is 5. The molecule has 11 heteroatoms. The summed E-state index contributed by atoms with van der Waals surface area (Å²) in [5.74, 6) is -0.483. The van der Waals surface area contributed by atoms with Crippen molar-refractivity contribution in [1.82, 2.24) is 8.68 Å². The first-order valence-electron chi connectivity index (χ1n) is 9.56. The zero-order valence-electron chi connectivity index (χ0n) is 16.8. The molecule has 1 aromatic heterocycles. The minimum atomic E-state index is -4.00. The number of anilines is 1. The molecular formula is C22H16BrCl2N3O3S2. The first-order valence-corrected chi connectivity index (χ1v) is 13.3. The third kappa shape index (κ3) is 5.74. The highest BCUT2D eigenvalue weighted by molar-refractivity contribution is 9.10. The Labute approximate surface area is 213 Å². The van der Waals surface area contributed by atoms with Crippen LogP contribution in [0.3, 0.4) is 0 Å². The number of nitrogens with zero attached hydrogens (tertiary/aromatic N) is 2. The largest absolute Gasteiger partial charge is 0.325 e. The van der Waals surface area contributed by atoms with Gasteiger partial charge in [-0.25, -0.2) is 8.42 Å². The molecule has 4 aromatic rings. The van der Waals surface area contributed by atoms with Crippen LogP contribution in [-0.2, 0) is 21.4 Å². The molecule has 0 spiro atoms. The van der Waals surface area contributed by atoms with Gasteiger partial charge in [0.2, 0.25) is 15.9 Å². The number of carbonyl (C=O) groups excluding carboxylic acids is 1. The maximum Gasteiger partial charge on any atom is 0.243 e. The van der Waals surface area contributed by atoms with Crippen LogP contribution in [0.1, 0.15) is 5.56 Å². The Kier molecular flexibility index (Phi) is 7.37. The van der Waals surface area contributed by atoms with Gasteiger partial charge in [-0.15, -0.1) is 0 Å². The van der Waals surface area contributed by atoms with Crippen LogP contribution in [0.25, 0.3) is 10.1 Å². The van der Waals surface area contributed by atoms with Crippen molar-refractivity contribution in [1.29, 1.82) is 0 Å². The lowest BCUT2D eigenvalue weighted by atomic mass is 10.2. The minimum Gasteiger partial charge on any atom is -0.325 e. The number of nitrogens with one attached hydrogen (secondary N) is 1. The predicted molar refractivity (Wildman–Crippen MR) is 136 cm³/mol. The summed E-state index contributed by atoms with van der Waals surface area (Å²) < 4.78 is 33.8. The Hall–Kier alpha value is -2.01. The van der Waals surface area contributed by atoms with Crippen molar-refractivity contribution in [3.05, 3.63) is 86.9 Å². The predicted octanol–water partition coefficient (Wildman–Crippen LogP) is 6.20. The van der Waals surface area contributed by atoms with Crippen molar-refractivity contribution in [2.75, 3.05) is 11.9 Å². The molecule has 33 heavy (non-hydrogen) atoms. The van der Waals surface area contributed by atoms with Gasteiger partial charge in [-0.3, -0.25) is 4.79 Å². The molecule has 1 N–H and O–H groups in total. The fraction of sp³-hybridized carbons (Fsp3) is 0.0909. The Bertz CT molecular complexity index is 1430. The van der Waals surface area contributed by atoms with E-state index in [1.807, 2.05) is 6.07 Å². The molecule has 0 aliphatic heterocycles. The molecule has 0 atom stereocenters. The fourth-order valence-electron chi connectivity index (χ4n) is 3.13. The molecule has 3 aromatic carbocycles. The van der Waals surface area contributed by atoms with Crippen LogP contribution in [0.5, 0.6) is 0 Å². The molecule has 0 aliphatic rings. The smallest absolute Gasteiger partial charge is 0.243 e. The summed E-state index contributed by atoms with van der Waals surface area (Å²) in [5, 5.41) is 4.41. The zero-order valence-corrected chi connectivity index (χ0v) is 21.6. The number of benzene rings is 3. The molecule has 6 nitrogen and oxygen atoms in total. The molecule has 1 heterocycles. The van der Waals surface area contributed by atoms with Crippen molar-refractivity contribution in [2.24, 2.45) is 0 Å². The van der Waals surface area contributed by atoms with Gasteiger partial charge in [0.15, 0.2) is 0 Å². The van der Waals surface area contributed by atoms with E-state index in [9.17, 15) is 13.2 Å². The number of halogens is 3. The van der Waals surface area contributed by atoms with Gasteiger partial charge in [-0.05, 0) is 71.7 Å². The molecule has 0 bridgehead atoms. The van der Waals surface area contributed by atoms with Gasteiger partial charge in [0, 0.05) is 38.3 Å². The summed E-state index contributed by atoms with van der Waals surface area (Å²) in [7, 11) is -4.00. The van der Waals surface area contributed by atoms with E-state index in [2.05, 4.69) is 25.6 Å². The monoisotopic (exact) mass is 583 g/mol. The maximum absolute atomic E-state index is 13.4. The second-order valence-corrected chi connectivity index (χ2v) is 11.6. The highest BCUT2D eigenvalue weighted by Gasteiger charge is 2.27. The van der Waals surface area contributed by atoms with Crippen LogP contribution >= 0.6 is 50.7 Å². The number of rotatable bonds is 7. The number of aromatic nitrogens is 1. The lowest BCUT2D eigenvalue weighted by molar-refractivity contribution is -0.116. The quantitative estimate of drug-likeness (QED) is 0.281. The number of fused-ring (bicyclic) bond motifs is 1. The van der Waals surface area contributed by atoms with E-state index in [-0.39, 0.29) is 11.4 Å². The number of amides is 1. The molecule has 4 rings (SSSR count). The highest BCUT2D eigenvalue weighted by Crippen LogP contribution is 2.26.